The van der Waals surface area contributed by atoms with E-state index in [9.17, 15) is 24.3 Å². The molecule has 232 valence electrons. The predicted octanol–water partition coefficient (Wildman–Crippen LogP) is 1.44. The quantitative estimate of drug-likeness (QED) is 0.260. The van der Waals surface area contributed by atoms with Crippen LogP contribution in [0.15, 0.2) is 48.5 Å². The van der Waals surface area contributed by atoms with Crippen LogP contribution in [0.25, 0.3) is 0 Å². The standard InChI is InChI=1S/C32H41N3O8/c1-21(33-29(38)19-35-11-13-42-14-12-35)27(37)17-24(16-23-9-10-25(36)18-28(23)41-3)31(40)34-26(30(39)32(2)20-43-32)15-22-7-5-4-6-8-22/h4-10,18,21,24,26,36H,11-17,19-20H2,1-3H3,(H,33,38)(H,34,40)/t21-,24+,26-,32+/m0/s1. The molecule has 0 bridgehead atoms. The molecule has 2 aromatic carbocycles. The molecule has 11 nitrogen and oxygen atoms in total. The Morgan fingerprint density at radius 1 is 1.05 bits per heavy atom. The number of aromatic hydroxyl groups is 1. The molecular weight excluding hydrogens is 554 g/mol. The molecule has 2 amide bonds. The molecule has 4 atom stereocenters. The summed E-state index contributed by atoms with van der Waals surface area (Å²) in [5.74, 6) is -1.83. The first-order chi connectivity index (χ1) is 20.6. The minimum atomic E-state index is -0.961. The van der Waals surface area contributed by atoms with Crippen LogP contribution in [0.5, 0.6) is 11.5 Å². The minimum absolute atomic E-state index is 0.000444. The van der Waals surface area contributed by atoms with Gasteiger partial charge in [-0.1, -0.05) is 36.4 Å². The van der Waals surface area contributed by atoms with Gasteiger partial charge in [-0.05, 0) is 43.9 Å². The molecule has 0 unspecified atom stereocenters. The summed E-state index contributed by atoms with van der Waals surface area (Å²) < 4.78 is 16.1. The van der Waals surface area contributed by atoms with E-state index in [4.69, 9.17) is 14.2 Å². The number of amides is 2. The Hall–Kier alpha value is -3.80. The normalized spacial score (nSPS) is 20.3. The van der Waals surface area contributed by atoms with Crippen molar-refractivity contribution < 1.29 is 38.5 Å². The molecule has 2 aromatic rings. The van der Waals surface area contributed by atoms with Crippen molar-refractivity contribution in [2.45, 2.75) is 50.8 Å². The molecule has 3 N–H and O–H groups in total. The minimum Gasteiger partial charge on any atom is -0.508 e. The number of ether oxygens (including phenoxy) is 3. The number of benzene rings is 2. The van der Waals surface area contributed by atoms with Gasteiger partial charge in [0.1, 0.15) is 17.1 Å². The van der Waals surface area contributed by atoms with Crippen LogP contribution in [-0.2, 0) is 41.5 Å². The van der Waals surface area contributed by atoms with E-state index < -0.39 is 29.5 Å². The van der Waals surface area contributed by atoms with E-state index in [0.717, 1.165) is 5.56 Å². The first-order valence-electron chi connectivity index (χ1n) is 14.6. The third-order valence-electron chi connectivity index (χ3n) is 7.90. The first-order valence-corrected chi connectivity index (χ1v) is 14.6. The summed E-state index contributed by atoms with van der Waals surface area (Å²) in [5, 5.41) is 15.6. The van der Waals surface area contributed by atoms with Crippen molar-refractivity contribution in [2.24, 2.45) is 5.92 Å². The number of carbonyl (C=O) groups excluding carboxylic acids is 4. The number of rotatable bonds is 15. The number of carbonyl (C=O) groups is 4. The highest BCUT2D eigenvalue weighted by Gasteiger charge is 2.50. The Bertz CT molecular complexity index is 1290. The summed E-state index contributed by atoms with van der Waals surface area (Å²) >= 11 is 0. The lowest BCUT2D eigenvalue weighted by Gasteiger charge is -2.27. The van der Waals surface area contributed by atoms with Gasteiger partial charge in [-0.3, -0.25) is 24.1 Å². The van der Waals surface area contributed by atoms with Crippen LogP contribution in [0, 0.1) is 5.92 Å². The summed E-state index contributed by atoms with van der Waals surface area (Å²) in [6, 6.07) is 12.2. The molecule has 2 aliphatic rings. The second kappa shape index (κ2) is 14.6. The van der Waals surface area contributed by atoms with Gasteiger partial charge in [-0.15, -0.1) is 0 Å². The number of methoxy groups -OCH3 is 1. The lowest BCUT2D eigenvalue weighted by molar-refractivity contribution is -0.134. The molecule has 11 heteroatoms. The molecule has 0 aromatic heterocycles. The number of morpholine rings is 1. The molecular formula is C32H41N3O8. The molecule has 4 rings (SSSR count). The summed E-state index contributed by atoms with van der Waals surface area (Å²) in [6.07, 6.45) is 0.186. The molecule has 43 heavy (non-hydrogen) atoms. The van der Waals surface area contributed by atoms with Crippen molar-refractivity contribution >= 4 is 23.4 Å². The average Bonchev–Trinajstić information content (AvgIpc) is 3.75. The predicted molar refractivity (Wildman–Crippen MR) is 158 cm³/mol. The fourth-order valence-corrected chi connectivity index (χ4v) is 5.14. The lowest BCUT2D eigenvalue weighted by atomic mass is 9.89. The number of Topliss-reactive ketones (excluding diaryl/α,β-unsaturated/α-hetero) is 2. The first kappa shape index (κ1) is 32.1. The summed E-state index contributed by atoms with van der Waals surface area (Å²) in [5.41, 5.74) is 0.521. The summed E-state index contributed by atoms with van der Waals surface area (Å²) in [6.45, 7) is 6.11. The number of ketones is 2. The van der Waals surface area contributed by atoms with Crippen LogP contribution < -0.4 is 15.4 Å². The second-order valence-electron chi connectivity index (χ2n) is 11.4. The van der Waals surface area contributed by atoms with Crippen LogP contribution in [0.3, 0.4) is 0 Å². The van der Waals surface area contributed by atoms with Gasteiger partial charge < -0.3 is 30.0 Å². The monoisotopic (exact) mass is 595 g/mol. The Balaban J connectivity index is 1.50. The topological polar surface area (TPSA) is 147 Å². The maximum Gasteiger partial charge on any atom is 0.234 e. The molecule has 0 saturated carbocycles. The maximum absolute atomic E-state index is 13.9. The highest BCUT2D eigenvalue weighted by atomic mass is 16.6. The lowest BCUT2D eigenvalue weighted by Crippen LogP contribution is -2.50. The van der Waals surface area contributed by atoms with Crippen LogP contribution in [0.1, 0.15) is 31.4 Å². The maximum atomic E-state index is 13.9. The van der Waals surface area contributed by atoms with Gasteiger partial charge in [-0.2, -0.15) is 0 Å². The number of hydrogen-bond acceptors (Lipinski definition) is 9. The third kappa shape index (κ3) is 9.09. The van der Waals surface area contributed by atoms with E-state index in [0.29, 0.717) is 37.6 Å². The molecule has 0 radical (unpaired) electrons. The van der Waals surface area contributed by atoms with Crippen molar-refractivity contribution in [3.63, 3.8) is 0 Å². The fourth-order valence-electron chi connectivity index (χ4n) is 5.14. The smallest absolute Gasteiger partial charge is 0.234 e. The Morgan fingerprint density at radius 2 is 1.74 bits per heavy atom. The zero-order valence-corrected chi connectivity index (χ0v) is 25.0. The number of hydrogen-bond donors (Lipinski definition) is 3. The van der Waals surface area contributed by atoms with E-state index in [1.807, 2.05) is 35.2 Å². The average molecular weight is 596 g/mol. The van der Waals surface area contributed by atoms with Gasteiger partial charge in [-0.25, -0.2) is 0 Å². The second-order valence-corrected chi connectivity index (χ2v) is 11.4. The van der Waals surface area contributed by atoms with Crippen LogP contribution in [-0.4, -0.2) is 97.6 Å². The molecule has 2 fully saturated rings. The Morgan fingerprint density at radius 3 is 2.40 bits per heavy atom. The van der Waals surface area contributed by atoms with E-state index in [-0.39, 0.29) is 55.6 Å². The third-order valence-corrected chi connectivity index (χ3v) is 7.90. The highest BCUT2D eigenvalue weighted by molar-refractivity contribution is 5.98. The van der Waals surface area contributed by atoms with E-state index in [1.54, 1.807) is 19.9 Å². The Kier molecular flexibility index (Phi) is 10.9. The van der Waals surface area contributed by atoms with Gasteiger partial charge in [0, 0.05) is 31.5 Å². The van der Waals surface area contributed by atoms with Crippen molar-refractivity contribution in [1.82, 2.24) is 15.5 Å². The zero-order chi connectivity index (χ0) is 31.0. The van der Waals surface area contributed by atoms with Crippen LogP contribution in [0.4, 0.5) is 0 Å². The van der Waals surface area contributed by atoms with Gasteiger partial charge in [0.2, 0.25) is 11.8 Å². The molecule has 2 aliphatic heterocycles. The SMILES string of the molecule is COc1cc(O)ccc1C[C@H](CC(=O)[C@H](C)NC(=O)CN1CCOCC1)C(=O)N[C@@H](Cc1ccccc1)C(=O)[C@@]1(C)CO1. The molecule has 2 heterocycles. The fraction of sp³-hybridized carbons (Fsp3) is 0.500. The zero-order valence-electron chi connectivity index (χ0n) is 25.0. The number of epoxide rings is 1. The van der Waals surface area contributed by atoms with Gasteiger partial charge in [0.15, 0.2) is 11.6 Å². The molecule has 2 saturated heterocycles. The van der Waals surface area contributed by atoms with Crippen molar-refractivity contribution in [3.8, 4) is 11.5 Å². The van der Waals surface area contributed by atoms with Crippen LogP contribution >= 0.6 is 0 Å². The highest BCUT2D eigenvalue weighted by Crippen LogP contribution is 2.30. The molecule has 0 aliphatic carbocycles. The van der Waals surface area contributed by atoms with Crippen LogP contribution in [0.2, 0.25) is 0 Å². The van der Waals surface area contributed by atoms with Crippen molar-refractivity contribution in [2.75, 3.05) is 46.6 Å². The van der Waals surface area contributed by atoms with E-state index in [1.165, 1.54) is 19.2 Å². The summed E-state index contributed by atoms with van der Waals surface area (Å²) in [7, 11) is 1.45. The van der Waals surface area contributed by atoms with Gasteiger partial charge in [0.25, 0.3) is 0 Å². The van der Waals surface area contributed by atoms with E-state index in [2.05, 4.69) is 10.6 Å². The Labute approximate surface area is 251 Å². The van der Waals surface area contributed by atoms with Gasteiger partial charge in [0.05, 0.1) is 45.6 Å². The van der Waals surface area contributed by atoms with E-state index >= 15 is 0 Å². The van der Waals surface area contributed by atoms with Crippen molar-refractivity contribution in [3.05, 3.63) is 59.7 Å². The number of phenols is 1. The number of phenolic OH excluding ortho intramolecular Hbond substituents is 1. The number of nitrogens with one attached hydrogen (secondary N) is 2. The summed E-state index contributed by atoms with van der Waals surface area (Å²) in [4.78, 5) is 55.2. The van der Waals surface area contributed by atoms with Gasteiger partial charge >= 0.3 is 0 Å². The van der Waals surface area contributed by atoms with Crippen molar-refractivity contribution in [1.29, 1.82) is 0 Å². The molecule has 0 spiro atoms. The number of nitrogens with zero attached hydrogens (tertiary/aromatic N) is 1. The largest absolute Gasteiger partial charge is 0.508 e.